The highest BCUT2D eigenvalue weighted by atomic mass is 16.5. The molecule has 0 bridgehead atoms. The van der Waals surface area contributed by atoms with Gasteiger partial charge in [-0.2, -0.15) is 0 Å². The Morgan fingerprint density at radius 2 is 2.19 bits per heavy atom. The van der Waals surface area contributed by atoms with E-state index in [0.29, 0.717) is 5.56 Å². The minimum Gasteiger partial charge on any atom is -0.490 e. The second kappa shape index (κ2) is 3.96. The third-order valence-electron chi connectivity index (χ3n) is 2.53. The minimum atomic E-state index is -0.841. The van der Waals surface area contributed by atoms with Gasteiger partial charge in [0.25, 0.3) is 5.78 Å². The molecule has 4 heteroatoms. The molecule has 0 radical (unpaired) electrons. The van der Waals surface area contributed by atoms with Crippen LogP contribution in [0.1, 0.15) is 22.8 Å². The molecule has 0 aliphatic carbocycles. The quantitative estimate of drug-likeness (QED) is 0.429. The molecule has 1 aromatic carbocycles. The second-order valence-corrected chi connectivity index (χ2v) is 3.78. The van der Waals surface area contributed by atoms with Crippen LogP contribution in [0, 0.1) is 0 Å². The first kappa shape index (κ1) is 10.7. The molecule has 0 spiro atoms. The number of hydrogen-bond acceptors (Lipinski definition) is 4. The Labute approximate surface area is 93.2 Å². The van der Waals surface area contributed by atoms with Gasteiger partial charge in [0.2, 0.25) is 0 Å². The Hall–Kier alpha value is -1.84. The largest absolute Gasteiger partial charge is 0.490 e. The van der Waals surface area contributed by atoms with E-state index in [4.69, 9.17) is 4.74 Å². The smallest absolute Gasteiger partial charge is 0.379 e. The molecule has 0 saturated heterocycles. The molecule has 0 saturated carbocycles. The summed E-state index contributed by atoms with van der Waals surface area (Å²) >= 11 is 0. The fourth-order valence-electron chi connectivity index (χ4n) is 1.77. The summed E-state index contributed by atoms with van der Waals surface area (Å²) < 4.78 is 9.89. The summed E-state index contributed by atoms with van der Waals surface area (Å²) in [6.07, 6.45) is 0.885. The molecule has 0 fully saturated rings. The predicted molar refractivity (Wildman–Crippen MR) is 56.6 cm³/mol. The Kier molecular flexibility index (Phi) is 2.64. The highest BCUT2D eigenvalue weighted by Crippen LogP contribution is 2.29. The van der Waals surface area contributed by atoms with Crippen LogP contribution in [0.15, 0.2) is 18.2 Å². The van der Waals surface area contributed by atoms with Gasteiger partial charge in [0.1, 0.15) is 11.9 Å². The molecule has 1 aliphatic heterocycles. The Balaban J connectivity index is 2.29. The third kappa shape index (κ3) is 1.78. The average molecular weight is 220 g/mol. The SMILES string of the molecule is COC(=O)C(=O)c1ccc2c(c1)CC(C)O2. The maximum absolute atomic E-state index is 11.5. The van der Waals surface area contributed by atoms with E-state index in [1.54, 1.807) is 18.2 Å². The first-order valence-electron chi connectivity index (χ1n) is 5.04. The molecule has 1 atom stereocenters. The lowest BCUT2D eigenvalue weighted by atomic mass is 10.0. The predicted octanol–water partition coefficient (Wildman–Crippen LogP) is 1.37. The molecular weight excluding hydrogens is 208 g/mol. The summed E-state index contributed by atoms with van der Waals surface area (Å²) in [7, 11) is 1.19. The molecule has 16 heavy (non-hydrogen) atoms. The lowest BCUT2D eigenvalue weighted by Gasteiger charge is -2.02. The fourth-order valence-corrected chi connectivity index (χ4v) is 1.77. The van der Waals surface area contributed by atoms with Crippen LogP contribution in [0.25, 0.3) is 0 Å². The van der Waals surface area contributed by atoms with Gasteiger partial charge in [-0.15, -0.1) is 0 Å². The van der Waals surface area contributed by atoms with Crippen molar-refractivity contribution in [3.05, 3.63) is 29.3 Å². The number of rotatable bonds is 2. The highest BCUT2D eigenvalue weighted by molar-refractivity contribution is 6.40. The molecule has 1 unspecified atom stereocenters. The molecule has 84 valence electrons. The topological polar surface area (TPSA) is 52.6 Å². The molecule has 1 aromatic rings. The summed E-state index contributed by atoms with van der Waals surface area (Å²) in [4.78, 5) is 22.6. The van der Waals surface area contributed by atoms with Gasteiger partial charge in [-0.25, -0.2) is 4.79 Å². The van der Waals surface area contributed by atoms with Crippen molar-refractivity contribution in [2.24, 2.45) is 0 Å². The van der Waals surface area contributed by atoms with E-state index in [1.165, 1.54) is 7.11 Å². The molecule has 1 aliphatic rings. The van der Waals surface area contributed by atoms with E-state index in [2.05, 4.69) is 4.74 Å². The van der Waals surface area contributed by atoms with Crippen LogP contribution in [-0.2, 0) is 16.0 Å². The van der Waals surface area contributed by atoms with Gasteiger partial charge < -0.3 is 9.47 Å². The number of ether oxygens (including phenoxy) is 2. The minimum absolute atomic E-state index is 0.124. The number of carbonyl (C=O) groups is 2. The third-order valence-corrected chi connectivity index (χ3v) is 2.53. The van der Waals surface area contributed by atoms with Crippen molar-refractivity contribution in [2.45, 2.75) is 19.4 Å². The average Bonchev–Trinajstić information content (AvgIpc) is 2.65. The van der Waals surface area contributed by atoms with E-state index < -0.39 is 11.8 Å². The number of benzene rings is 1. The Morgan fingerprint density at radius 3 is 2.88 bits per heavy atom. The van der Waals surface area contributed by atoms with Crippen molar-refractivity contribution >= 4 is 11.8 Å². The Bertz CT molecular complexity index is 450. The maximum atomic E-state index is 11.5. The van der Waals surface area contributed by atoms with Crippen molar-refractivity contribution in [1.82, 2.24) is 0 Å². The highest BCUT2D eigenvalue weighted by Gasteiger charge is 2.23. The number of fused-ring (bicyclic) bond motifs is 1. The molecule has 0 amide bonds. The first-order chi connectivity index (χ1) is 7.61. The molecule has 0 N–H and O–H groups in total. The van der Waals surface area contributed by atoms with Gasteiger partial charge in [0, 0.05) is 12.0 Å². The lowest BCUT2D eigenvalue weighted by molar-refractivity contribution is -0.135. The lowest BCUT2D eigenvalue weighted by Crippen LogP contribution is -2.15. The number of carbonyl (C=O) groups excluding carboxylic acids is 2. The van der Waals surface area contributed by atoms with Crippen LogP contribution in [0.5, 0.6) is 5.75 Å². The van der Waals surface area contributed by atoms with Crippen molar-refractivity contribution in [3.8, 4) is 5.75 Å². The fraction of sp³-hybridized carbons (Fsp3) is 0.333. The summed E-state index contributed by atoms with van der Waals surface area (Å²) in [6.45, 7) is 1.96. The number of methoxy groups -OCH3 is 1. The zero-order valence-electron chi connectivity index (χ0n) is 9.15. The van der Waals surface area contributed by atoms with Crippen molar-refractivity contribution < 1.29 is 19.1 Å². The van der Waals surface area contributed by atoms with E-state index >= 15 is 0 Å². The molecule has 0 aromatic heterocycles. The Morgan fingerprint density at radius 1 is 1.44 bits per heavy atom. The monoisotopic (exact) mass is 220 g/mol. The summed E-state index contributed by atoms with van der Waals surface area (Å²) in [5.41, 5.74) is 1.31. The van der Waals surface area contributed by atoms with E-state index in [0.717, 1.165) is 17.7 Å². The van der Waals surface area contributed by atoms with Crippen LogP contribution in [0.4, 0.5) is 0 Å². The number of ketones is 1. The molecule has 1 heterocycles. The number of esters is 1. The van der Waals surface area contributed by atoms with Crippen molar-refractivity contribution in [1.29, 1.82) is 0 Å². The van der Waals surface area contributed by atoms with Crippen LogP contribution in [0.3, 0.4) is 0 Å². The van der Waals surface area contributed by atoms with Crippen LogP contribution >= 0.6 is 0 Å². The van der Waals surface area contributed by atoms with Gasteiger partial charge in [-0.1, -0.05) is 0 Å². The van der Waals surface area contributed by atoms with Gasteiger partial charge in [-0.3, -0.25) is 4.79 Å². The second-order valence-electron chi connectivity index (χ2n) is 3.78. The number of Topliss-reactive ketones (excluding diaryl/α,β-unsaturated/α-hetero) is 1. The van der Waals surface area contributed by atoms with E-state index in [1.807, 2.05) is 6.92 Å². The summed E-state index contributed by atoms with van der Waals surface area (Å²) in [6, 6.07) is 4.99. The standard InChI is InChI=1S/C12H12O4/c1-7-5-9-6-8(3-4-10(9)16-7)11(13)12(14)15-2/h3-4,6-7H,5H2,1-2H3. The summed E-state index contributed by atoms with van der Waals surface area (Å²) in [5.74, 6) is -0.675. The first-order valence-corrected chi connectivity index (χ1v) is 5.04. The van der Waals surface area contributed by atoms with Gasteiger partial charge >= 0.3 is 5.97 Å². The molecule has 2 rings (SSSR count). The maximum Gasteiger partial charge on any atom is 0.379 e. The van der Waals surface area contributed by atoms with Crippen LogP contribution < -0.4 is 4.74 Å². The van der Waals surface area contributed by atoms with Crippen molar-refractivity contribution in [2.75, 3.05) is 7.11 Å². The number of hydrogen-bond donors (Lipinski definition) is 0. The normalized spacial score (nSPS) is 17.5. The summed E-state index contributed by atoms with van der Waals surface area (Å²) in [5, 5.41) is 0. The van der Waals surface area contributed by atoms with Crippen LogP contribution in [-0.4, -0.2) is 25.0 Å². The van der Waals surface area contributed by atoms with E-state index in [-0.39, 0.29) is 6.10 Å². The van der Waals surface area contributed by atoms with E-state index in [9.17, 15) is 9.59 Å². The van der Waals surface area contributed by atoms with Gasteiger partial charge in [0.05, 0.1) is 7.11 Å². The molecule has 4 nitrogen and oxygen atoms in total. The zero-order chi connectivity index (χ0) is 11.7. The van der Waals surface area contributed by atoms with Gasteiger partial charge in [-0.05, 0) is 30.7 Å². The zero-order valence-corrected chi connectivity index (χ0v) is 9.15. The van der Waals surface area contributed by atoms with Crippen molar-refractivity contribution in [3.63, 3.8) is 0 Å². The molecular formula is C12H12O4. The van der Waals surface area contributed by atoms with Crippen LogP contribution in [0.2, 0.25) is 0 Å². The van der Waals surface area contributed by atoms with Gasteiger partial charge in [0.15, 0.2) is 0 Å².